The van der Waals surface area contributed by atoms with Crippen LogP contribution in [0.15, 0.2) is 12.2 Å². The lowest BCUT2D eigenvalue weighted by molar-refractivity contribution is -0.302. The Morgan fingerprint density at radius 2 is 0.737 bits per heavy atom. The van der Waals surface area contributed by atoms with Crippen molar-refractivity contribution >= 4 is 5.91 Å². The van der Waals surface area contributed by atoms with Gasteiger partial charge in [0.15, 0.2) is 6.29 Å². The second-order valence-electron chi connectivity index (χ2n) is 24.0. The minimum Gasteiger partial charge on any atom is -0.394 e. The maximum absolute atomic E-state index is 13.1. The fraction of sp³-hybridized carbons (Fsp3) is 0.955. The normalized spacial score (nSPS) is 18.8. The van der Waals surface area contributed by atoms with Crippen molar-refractivity contribution in [1.82, 2.24) is 5.32 Å². The van der Waals surface area contributed by atoms with E-state index in [1.807, 2.05) is 0 Å². The molecule has 1 heterocycles. The molecule has 0 radical (unpaired) electrons. The van der Waals surface area contributed by atoms with Gasteiger partial charge in [-0.1, -0.05) is 321 Å². The summed E-state index contributed by atoms with van der Waals surface area (Å²) >= 11 is 0. The lowest BCUT2D eigenvalue weighted by Gasteiger charge is -2.40. The molecule has 1 aliphatic heterocycles. The molecule has 0 aliphatic carbocycles. The Morgan fingerprint density at radius 1 is 0.434 bits per heavy atom. The number of unbranched alkanes of at least 4 members (excludes halogenated alkanes) is 48. The van der Waals surface area contributed by atoms with E-state index in [0.29, 0.717) is 12.8 Å². The Labute approximate surface area is 471 Å². The average molecular weight is 1080 g/mol. The molecule has 9 heteroatoms. The van der Waals surface area contributed by atoms with Crippen molar-refractivity contribution in [3.05, 3.63) is 12.2 Å². The maximum atomic E-state index is 13.1. The van der Waals surface area contributed by atoms with E-state index in [-0.39, 0.29) is 12.5 Å². The molecule has 452 valence electrons. The Morgan fingerprint density at radius 3 is 1.07 bits per heavy atom. The summed E-state index contributed by atoms with van der Waals surface area (Å²) in [6.45, 7) is 3.90. The maximum Gasteiger partial charge on any atom is 0.220 e. The number of carbonyl (C=O) groups is 1. The molecule has 0 saturated carbocycles. The number of allylic oxidation sites excluding steroid dienone is 2. The van der Waals surface area contributed by atoms with Gasteiger partial charge in [-0.3, -0.25) is 4.79 Å². The van der Waals surface area contributed by atoms with Crippen LogP contribution in [0, 0.1) is 0 Å². The Balaban J connectivity index is 2.11. The summed E-state index contributed by atoms with van der Waals surface area (Å²) in [4.78, 5) is 13.1. The lowest BCUT2D eigenvalue weighted by Crippen LogP contribution is -2.60. The van der Waals surface area contributed by atoms with Crippen LogP contribution in [0.25, 0.3) is 0 Å². The van der Waals surface area contributed by atoms with E-state index in [1.165, 1.54) is 289 Å². The quantitative estimate of drug-likeness (QED) is 0.0261. The Hall–Kier alpha value is -1.07. The second kappa shape index (κ2) is 57.2. The smallest absolute Gasteiger partial charge is 0.220 e. The molecule has 9 nitrogen and oxygen atoms in total. The number of aliphatic hydroxyl groups is 5. The van der Waals surface area contributed by atoms with Crippen LogP contribution in [0.3, 0.4) is 0 Å². The van der Waals surface area contributed by atoms with Crippen LogP contribution in [0.1, 0.15) is 354 Å². The number of rotatable bonds is 60. The van der Waals surface area contributed by atoms with E-state index in [0.717, 1.165) is 38.5 Å². The first-order chi connectivity index (χ1) is 37.3. The molecule has 7 atom stereocenters. The van der Waals surface area contributed by atoms with Gasteiger partial charge in [-0.05, 0) is 38.5 Å². The number of hydrogen-bond donors (Lipinski definition) is 6. The van der Waals surface area contributed by atoms with Crippen LogP contribution in [0.4, 0.5) is 0 Å². The molecular formula is C67H131NO8. The van der Waals surface area contributed by atoms with E-state index in [2.05, 4.69) is 31.3 Å². The zero-order valence-corrected chi connectivity index (χ0v) is 50.5. The molecule has 6 N–H and O–H groups in total. The second-order valence-corrected chi connectivity index (χ2v) is 24.0. The van der Waals surface area contributed by atoms with Crippen LogP contribution >= 0.6 is 0 Å². The lowest BCUT2D eigenvalue weighted by atomic mass is 9.99. The van der Waals surface area contributed by atoms with Crippen LogP contribution in [0.2, 0.25) is 0 Å². The zero-order chi connectivity index (χ0) is 55.0. The first kappa shape index (κ1) is 72.9. The monoisotopic (exact) mass is 1080 g/mol. The first-order valence-electron chi connectivity index (χ1n) is 33.9. The standard InChI is InChI=1S/C67H131NO8/c1-3-5-7-9-11-13-15-17-19-21-23-25-27-28-29-30-31-32-33-35-37-39-41-43-45-47-49-51-53-55-57-63(71)68-60(59-75-67-66(74)65(73)64(72)62(58-69)76-67)61(70)56-54-52-50-48-46-44-42-40-38-36-34-26-24-22-20-18-16-14-12-10-8-6-4-2/h28-29,60-62,64-67,69-70,72-74H,3-27,30-59H2,1-2H3,(H,68,71)/b29-28-. The molecular weight excluding hydrogens is 947 g/mol. The van der Waals surface area contributed by atoms with Crippen LogP contribution < -0.4 is 5.32 Å². The largest absolute Gasteiger partial charge is 0.394 e. The van der Waals surface area contributed by atoms with Crippen molar-refractivity contribution in [3.63, 3.8) is 0 Å². The van der Waals surface area contributed by atoms with Gasteiger partial charge in [-0.25, -0.2) is 0 Å². The van der Waals surface area contributed by atoms with E-state index in [1.54, 1.807) is 0 Å². The van der Waals surface area contributed by atoms with Crippen molar-refractivity contribution in [2.75, 3.05) is 13.2 Å². The molecule has 76 heavy (non-hydrogen) atoms. The summed E-state index contributed by atoms with van der Waals surface area (Å²) in [6, 6.07) is -0.717. The van der Waals surface area contributed by atoms with Crippen molar-refractivity contribution in [2.24, 2.45) is 0 Å². The van der Waals surface area contributed by atoms with Gasteiger partial charge in [0.05, 0.1) is 25.4 Å². The summed E-state index contributed by atoms with van der Waals surface area (Å²) in [5, 5.41) is 54.9. The molecule has 0 bridgehead atoms. The number of carbonyl (C=O) groups excluding carboxylic acids is 1. The van der Waals surface area contributed by atoms with Gasteiger partial charge in [-0.15, -0.1) is 0 Å². The van der Waals surface area contributed by atoms with Crippen LogP contribution in [-0.4, -0.2) is 87.5 Å². The Bertz CT molecular complexity index is 1200. The summed E-state index contributed by atoms with van der Waals surface area (Å²) < 4.78 is 11.4. The molecule has 0 spiro atoms. The van der Waals surface area contributed by atoms with Crippen molar-refractivity contribution < 1.29 is 39.8 Å². The molecule has 0 aromatic carbocycles. The number of nitrogens with one attached hydrogen (secondary N) is 1. The van der Waals surface area contributed by atoms with Gasteiger partial charge < -0.3 is 40.3 Å². The summed E-state index contributed by atoms with van der Waals surface area (Å²) in [7, 11) is 0. The summed E-state index contributed by atoms with van der Waals surface area (Å²) in [6.07, 6.45) is 65.6. The highest BCUT2D eigenvalue weighted by Gasteiger charge is 2.44. The summed E-state index contributed by atoms with van der Waals surface area (Å²) in [5.41, 5.74) is 0. The first-order valence-corrected chi connectivity index (χ1v) is 33.9. The number of hydrogen-bond acceptors (Lipinski definition) is 8. The molecule has 1 aliphatic rings. The molecule has 1 rings (SSSR count). The number of ether oxygens (including phenoxy) is 2. The van der Waals surface area contributed by atoms with Crippen LogP contribution in [-0.2, 0) is 14.3 Å². The highest BCUT2D eigenvalue weighted by atomic mass is 16.7. The van der Waals surface area contributed by atoms with Gasteiger partial charge in [0.25, 0.3) is 0 Å². The van der Waals surface area contributed by atoms with Gasteiger partial charge in [-0.2, -0.15) is 0 Å². The Kier molecular flexibility index (Phi) is 54.9. The average Bonchev–Trinajstić information content (AvgIpc) is 3.42. The van der Waals surface area contributed by atoms with E-state index in [9.17, 15) is 30.3 Å². The minimum absolute atomic E-state index is 0.133. The third-order valence-electron chi connectivity index (χ3n) is 16.6. The van der Waals surface area contributed by atoms with Crippen molar-refractivity contribution in [3.8, 4) is 0 Å². The van der Waals surface area contributed by atoms with Crippen molar-refractivity contribution in [1.29, 1.82) is 0 Å². The zero-order valence-electron chi connectivity index (χ0n) is 50.5. The fourth-order valence-electron chi connectivity index (χ4n) is 11.3. The third kappa shape index (κ3) is 45.6. The van der Waals surface area contributed by atoms with E-state index in [4.69, 9.17) is 9.47 Å². The van der Waals surface area contributed by atoms with Crippen LogP contribution in [0.5, 0.6) is 0 Å². The van der Waals surface area contributed by atoms with Gasteiger partial charge in [0.2, 0.25) is 5.91 Å². The topological polar surface area (TPSA) is 149 Å². The minimum atomic E-state index is -1.55. The molecule has 1 amide bonds. The van der Waals surface area contributed by atoms with Gasteiger partial charge in [0, 0.05) is 6.42 Å². The highest BCUT2D eigenvalue weighted by molar-refractivity contribution is 5.76. The molecule has 0 aromatic heterocycles. The molecule has 1 fully saturated rings. The van der Waals surface area contributed by atoms with E-state index >= 15 is 0 Å². The van der Waals surface area contributed by atoms with Gasteiger partial charge >= 0.3 is 0 Å². The number of aliphatic hydroxyl groups excluding tert-OH is 5. The summed E-state index contributed by atoms with van der Waals surface area (Å²) in [5.74, 6) is -0.136. The van der Waals surface area contributed by atoms with Gasteiger partial charge in [0.1, 0.15) is 24.4 Å². The predicted octanol–water partition coefficient (Wildman–Crippen LogP) is 17.9. The fourth-order valence-corrected chi connectivity index (χ4v) is 11.3. The molecule has 1 saturated heterocycles. The molecule has 7 unspecified atom stereocenters. The number of amides is 1. The SMILES string of the molecule is CCCCCCCCCCCCCC/C=C\CCCCCCCCCCCCCCCCC(=O)NC(COC1OC(CO)C(O)C(O)C1O)C(O)CCCCCCCCCCCCCCCCCCCCCCCCC. The third-order valence-corrected chi connectivity index (χ3v) is 16.6. The molecule has 0 aromatic rings. The van der Waals surface area contributed by atoms with Crippen molar-refractivity contribution in [2.45, 2.75) is 397 Å². The predicted molar refractivity (Wildman–Crippen MR) is 323 cm³/mol. The highest BCUT2D eigenvalue weighted by Crippen LogP contribution is 2.24. The van der Waals surface area contributed by atoms with E-state index < -0.39 is 49.5 Å².